The summed E-state index contributed by atoms with van der Waals surface area (Å²) in [5.41, 5.74) is 2.58. The Labute approximate surface area is 116 Å². The van der Waals surface area contributed by atoms with Gasteiger partial charge in [0.05, 0.1) is 0 Å². The quantitative estimate of drug-likeness (QED) is 0.934. The minimum Gasteiger partial charge on any atom is -0.490 e. The topological polar surface area (TPSA) is 38.7 Å². The number of rotatable bonds is 3. The van der Waals surface area contributed by atoms with Crippen LogP contribution in [-0.2, 0) is 6.61 Å². The summed E-state index contributed by atoms with van der Waals surface area (Å²) in [6.07, 6.45) is -0.557. The molecule has 0 radical (unpaired) electrons. The van der Waals surface area contributed by atoms with Crippen molar-refractivity contribution in [2.75, 3.05) is 6.61 Å². The lowest BCUT2D eigenvalue weighted by atomic mass is 10.1. The summed E-state index contributed by atoms with van der Waals surface area (Å²) in [5.74, 6) is 1.08. The first-order chi connectivity index (χ1) is 9.63. The van der Waals surface area contributed by atoms with Crippen LogP contribution in [0.4, 0.5) is 4.39 Å². The van der Waals surface area contributed by atoms with Gasteiger partial charge in [-0.05, 0) is 42.3 Å². The molecule has 0 spiro atoms. The second-order valence-corrected chi connectivity index (χ2v) is 4.89. The number of benzene rings is 2. The highest BCUT2D eigenvalue weighted by molar-refractivity contribution is 5.44. The van der Waals surface area contributed by atoms with Crippen LogP contribution in [0.3, 0.4) is 0 Å². The zero-order valence-corrected chi connectivity index (χ0v) is 11.1. The molecule has 1 unspecified atom stereocenters. The third-order valence-corrected chi connectivity index (χ3v) is 3.44. The highest BCUT2D eigenvalue weighted by Gasteiger charge is 2.22. The third kappa shape index (κ3) is 2.47. The van der Waals surface area contributed by atoms with E-state index in [1.807, 2.05) is 6.92 Å². The van der Waals surface area contributed by atoms with Crippen molar-refractivity contribution in [3.63, 3.8) is 0 Å². The Bertz CT molecular complexity index is 640. The van der Waals surface area contributed by atoms with E-state index in [-0.39, 0.29) is 12.4 Å². The lowest BCUT2D eigenvalue weighted by Gasteiger charge is -2.10. The molecule has 1 atom stereocenters. The average molecular weight is 274 g/mol. The van der Waals surface area contributed by atoms with Crippen molar-refractivity contribution in [2.45, 2.75) is 19.6 Å². The van der Waals surface area contributed by atoms with Gasteiger partial charge in [-0.3, -0.25) is 0 Å². The molecule has 1 aliphatic rings. The van der Waals surface area contributed by atoms with E-state index < -0.39 is 6.10 Å². The van der Waals surface area contributed by atoms with Gasteiger partial charge in [-0.25, -0.2) is 4.39 Å². The number of aryl methyl sites for hydroxylation is 1. The van der Waals surface area contributed by atoms with E-state index in [1.165, 1.54) is 12.1 Å². The first-order valence-electron chi connectivity index (χ1n) is 6.46. The number of hydrogen-bond acceptors (Lipinski definition) is 3. The van der Waals surface area contributed by atoms with Crippen LogP contribution in [0, 0.1) is 12.7 Å². The van der Waals surface area contributed by atoms with Crippen molar-refractivity contribution >= 4 is 0 Å². The fourth-order valence-corrected chi connectivity index (χ4v) is 2.25. The maximum Gasteiger partial charge on any atom is 0.129 e. The monoisotopic (exact) mass is 274 g/mol. The Balaban J connectivity index is 1.73. The summed E-state index contributed by atoms with van der Waals surface area (Å²) in [7, 11) is 0. The van der Waals surface area contributed by atoms with Gasteiger partial charge in [0.15, 0.2) is 0 Å². The number of aliphatic hydroxyl groups excluding tert-OH is 1. The zero-order valence-electron chi connectivity index (χ0n) is 11.1. The van der Waals surface area contributed by atoms with Crippen molar-refractivity contribution < 1.29 is 19.0 Å². The molecule has 0 amide bonds. The Kier molecular flexibility index (Phi) is 3.32. The maximum atomic E-state index is 13.0. The van der Waals surface area contributed by atoms with Crippen LogP contribution in [-0.4, -0.2) is 11.7 Å². The fraction of sp³-hybridized carbons (Fsp3) is 0.250. The predicted molar refractivity (Wildman–Crippen MR) is 72.4 cm³/mol. The van der Waals surface area contributed by atoms with Gasteiger partial charge in [-0.1, -0.05) is 6.07 Å². The van der Waals surface area contributed by atoms with E-state index in [4.69, 9.17) is 9.47 Å². The molecule has 20 heavy (non-hydrogen) atoms. The molecule has 0 aromatic heterocycles. The molecule has 0 bridgehead atoms. The Morgan fingerprint density at radius 3 is 2.95 bits per heavy atom. The van der Waals surface area contributed by atoms with Crippen LogP contribution < -0.4 is 9.47 Å². The number of aliphatic hydroxyl groups is 1. The third-order valence-electron chi connectivity index (χ3n) is 3.44. The molecule has 1 aliphatic heterocycles. The molecule has 0 saturated carbocycles. The van der Waals surface area contributed by atoms with Crippen LogP contribution in [0.5, 0.6) is 11.5 Å². The average Bonchev–Trinajstić information content (AvgIpc) is 2.79. The van der Waals surface area contributed by atoms with Gasteiger partial charge >= 0.3 is 0 Å². The molecule has 1 heterocycles. The molecule has 3 nitrogen and oxygen atoms in total. The van der Waals surface area contributed by atoms with E-state index in [1.54, 1.807) is 24.3 Å². The first-order valence-corrected chi connectivity index (χ1v) is 6.46. The SMILES string of the molecule is Cc1cc(F)ccc1COc1ccc2c(c1)OCC2O. The highest BCUT2D eigenvalue weighted by Crippen LogP contribution is 2.35. The minimum atomic E-state index is -0.557. The van der Waals surface area contributed by atoms with Gasteiger partial charge in [0.2, 0.25) is 0 Å². The molecule has 2 aromatic carbocycles. The summed E-state index contributed by atoms with van der Waals surface area (Å²) >= 11 is 0. The molecule has 0 saturated heterocycles. The molecule has 2 aromatic rings. The van der Waals surface area contributed by atoms with Gasteiger partial charge in [0.1, 0.15) is 36.6 Å². The summed E-state index contributed by atoms with van der Waals surface area (Å²) in [4.78, 5) is 0. The summed E-state index contributed by atoms with van der Waals surface area (Å²) in [6, 6.07) is 10.0. The number of ether oxygens (including phenoxy) is 2. The molecule has 3 rings (SSSR count). The molecule has 1 N–H and O–H groups in total. The van der Waals surface area contributed by atoms with E-state index in [2.05, 4.69) is 0 Å². The van der Waals surface area contributed by atoms with Gasteiger partial charge in [-0.2, -0.15) is 0 Å². The van der Waals surface area contributed by atoms with E-state index >= 15 is 0 Å². The van der Waals surface area contributed by atoms with Crippen LogP contribution >= 0.6 is 0 Å². The van der Waals surface area contributed by atoms with Gasteiger partial charge < -0.3 is 14.6 Å². The summed E-state index contributed by atoms with van der Waals surface area (Å²) < 4.78 is 24.1. The normalized spacial score (nSPS) is 16.6. The number of fused-ring (bicyclic) bond motifs is 1. The zero-order chi connectivity index (χ0) is 14.1. The van der Waals surface area contributed by atoms with Gasteiger partial charge in [0.25, 0.3) is 0 Å². The van der Waals surface area contributed by atoms with E-state index in [0.717, 1.165) is 16.7 Å². The van der Waals surface area contributed by atoms with Gasteiger partial charge in [-0.15, -0.1) is 0 Å². The predicted octanol–water partition coefficient (Wildman–Crippen LogP) is 3.14. The van der Waals surface area contributed by atoms with Crippen molar-refractivity contribution in [1.29, 1.82) is 0 Å². The standard InChI is InChI=1S/C16H15FO3/c1-10-6-12(17)3-2-11(10)8-19-13-4-5-14-15(18)9-20-16(14)7-13/h2-7,15,18H,8-9H2,1H3. The van der Waals surface area contributed by atoms with Crippen LogP contribution in [0.1, 0.15) is 22.8 Å². The largest absolute Gasteiger partial charge is 0.490 e. The molecular formula is C16H15FO3. The Hall–Kier alpha value is -2.07. The van der Waals surface area contributed by atoms with Crippen LogP contribution in [0.2, 0.25) is 0 Å². The Morgan fingerprint density at radius 2 is 2.15 bits per heavy atom. The lowest BCUT2D eigenvalue weighted by molar-refractivity contribution is 0.140. The summed E-state index contributed by atoms with van der Waals surface area (Å²) in [5, 5.41) is 9.64. The van der Waals surface area contributed by atoms with Crippen molar-refractivity contribution in [2.24, 2.45) is 0 Å². The Morgan fingerprint density at radius 1 is 1.30 bits per heavy atom. The van der Waals surface area contributed by atoms with E-state index in [9.17, 15) is 9.50 Å². The second-order valence-electron chi connectivity index (χ2n) is 4.89. The fourth-order valence-electron chi connectivity index (χ4n) is 2.25. The lowest BCUT2D eigenvalue weighted by Crippen LogP contribution is -1.98. The van der Waals surface area contributed by atoms with Crippen molar-refractivity contribution in [3.8, 4) is 11.5 Å². The minimum absolute atomic E-state index is 0.244. The number of halogens is 1. The summed E-state index contributed by atoms with van der Waals surface area (Å²) in [6.45, 7) is 2.51. The van der Waals surface area contributed by atoms with Crippen LogP contribution in [0.25, 0.3) is 0 Å². The maximum absolute atomic E-state index is 13.0. The van der Waals surface area contributed by atoms with Crippen molar-refractivity contribution in [1.82, 2.24) is 0 Å². The smallest absolute Gasteiger partial charge is 0.129 e. The first kappa shape index (κ1) is 12.9. The van der Waals surface area contributed by atoms with E-state index in [0.29, 0.717) is 18.1 Å². The molecule has 4 heteroatoms. The molecular weight excluding hydrogens is 259 g/mol. The number of hydrogen-bond donors (Lipinski definition) is 1. The molecule has 104 valence electrons. The highest BCUT2D eigenvalue weighted by atomic mass is 19.1. The second kappa shape index (κ2) is 5.13. The van der Waals surface area contributed by atoms with Crippen LogP contribution in [0.15, 0.2) is 36.4 Å². The van der Waals surface area contributed by atoms with Crippen molar-refractivity contribution in [3.05, 3.63) is 58.9 Å². The van der Waals surface area contributed by atoms with Gasteiger partial charge in [0, 0.05) is 11.6 Å². The molecule has 0 fully saturated rings. The molecule has 0 aliphatic carbocycles.